The molecule has 1 amide bonds. The number of aromatic nitrogens is 1. The molecule has 1 fully saturated rings. The number of pyridine rings is 1. The van der Waals surface area contributed by atoms with Gasteiger partial charge in [-0.1, -0.05) is 0 Å². The van der Waals surface area contributed by atoms with E-state index in [-0.39, 0.29) is 12.2 Å². The van der Waals surface area contributed by atoms with Crippen molar-refractivity contribution in [1.29, 1.82) is 0 Å². The molecule has 116 valence electrons. The fourth-order valence-electron chi connectivity index (χ4n) is 2.14. The van der Waals surface area contributed by atoms with E-state index in [1.807, 2.05) is 20.8 Å². The van der Waals surface area contributed by atoms with E-state index < -0.39 is 5.60 Å². The number of carbonyl (C=O) groups excluding carboxylic acids is 1. The van der Waals surface area contributed by atoms with Crippen LogP contribution in [-0.4, -0.2) is 40.8 Å². The number of rotatable bonds is 2. The third kappa shape index (κ3) is 4.51. The Bertz CT molecular complexity index is 491. The Labute approximate surface area is 125 Å². The summed E-state index contributed by atoms with van der Waals surface area (Å²) >= 11 is 0. The molecule has 21 heavy (non-hydrogen) atoms. The molecule has 1 aromatic rings. The topological polar surface area (TPSA) is 77.7 Å². The zero-order valence-corrected chi connectivity index (χ0v) is 12.8. The quantitative estimate of drug-likeness (QED) is 0.906. The SMILES string of the molecule is CC(C)(C)OC(=O)N1CCC(Oc2ncccc2N)CC1. The predicted molar refractivity (Wildman–Crippen MR) is 80.1 cm³/mol. The highest BCUT2D eigenvalue weighted by atomic mass is 16.6. The van der Waals surface area contributed by atoms with Gasteiger partial charge in [-0.05, 0) is 32.9 Å². The van der Waals surface area contributed by atoms with Gasteiger partial charge in [0.2, 0.25) is 5.88 Å². The Morgan fingerprint density at radius 3 is 2.62 bits per heavy atom. The van der Waals surface area contributed by atoms with Gasteiger partial charge in [-0.25, -0.2) is 9.78 Å². The second-order valence-corrected chi connectivity index (χ2v) is 6.18. The van der Waals surface area contributed by atoms with Gasteiger partial charge in [-0.3, -0.25) is 0 Å². The molecule has 2 N–H and O–H groups in total. The Hall–Kier alpha value is -1.98. The fraction of sp³-hybridized carbons (Fsp3) is 0.600. The molecule has 0 radical (unpaired) electrons. The standard InChI is InChI=1S/C15H23N3O3/c1-15(2,3)21-14(19)18-9-6-11(7-10-18)20-13-12(16)5-4-8-17-13/h4-5,8,11H,6-7,9-10,16H2,1-3H3. The molecule has 1 aromatic heterocycles. The van der Waals surface area contributed by atoms with Gasteiger partial charge in [0.05, 0.1) is 5.69 Å². The average Bonchev–Trinajstić information content (AvgIpc) is 2.40. The molecule has 2 rings (SSSR count). The predicted octanol–water partition coefficient (Wildman–Crippen LogP) is 2.44. The summed E-state index contributed by atoms with van der Waals surface area (Å²) in [5.74, 6) is 0.466. The van der Waals surface area contributed by atoms with Crippen molar-refractivity contribution >= 4 is 11.8 Å². The van der Waals surface area contributed by atoms with Gasteiger partial charge in [0.1, 0.15) is 11.7 Å². The van der Waals surface area contributed by atoms with Crippen LogP contribution < -0.4 is 10.5 Å². The largest absolute Gasteiger partial charge is 0.473 e. The molecule has 6 nitrogen and oxygen atoms in total. The van der Waals surface area contributed by atoms with Crippen molar-refractivity contribution < 1.29 is 14.3 Å². The summed E-state index contributed by atoms with van der Waals surface area (Å²) in [7, 11) is 0. The maximum atomic E-state index is 12.0. The monoisotopic (exact) mass is 293 g/mol. The normalized spacial score (nSPS) is 16.6. The Morgan fingerprint density at radius 1 is 1.38 bits per heavy atom. The highest BCUT2D eigenvalue weighted by molar-refractivity contribution is 5.68. The van der Waals surface area contributed by atoms with Crippen LogP contribution in [0.5, 0.6) is 5.88 Å². The average molecular weight is 293 g/mol. The van der Waals surface area contributed by atoms with Crippen LogP contribution in [0.1, 0.15) is 33.6 Å². The highest BCUT2D eigenvalue weighted by Gasteiger charge is 2.27. The van der Waals surface area contributed by atoms with Crippen LogP contribution in [0.25, 0.3) is 0 Å². The van der Waals surface area contributed by atoms with Gasteiger partial charge in [0, 0.05) is 32.1 Å². The highest BCUT2D eigenvalue weighted by Crippen LogP contribution is 2.22. The number of carbonyl (C=O) groups is 1. The number of hydrogen-bond acceptors (Lipinski definition) is 5. The molecule has 0 spiro atoms. The van der Waals surface area contributed by atoms with Gasteiger partial charge in [0.25, 0.3) is 0 Å². The molecule has 0 aromatic carbocycles. The maximum Gasteiger partial charge on any atom is 0.410 e. The van der Waals surface area contributed by atoms with Crippen molar-refractivity contribution in [3.8, 4) is 5.88 Å². The number of nitrogens with zero attached hydrogens (tertiary/aromatic N) is 2. The summed E-state index contributed by atoms with van der Waals surface area (Å²) in [5.41, 5.74) is 5.88. The van der Waals surface area contributed by atoms with Gasteiger partial charge in [0.15, 0.2) is 0 Å². The van der Waals surface area contributed by atoms with Crippen LogP contribution in [0.15, 0.2) is 18.3 Å². The molecule has 1 saturated heterocycles. The van der Waals surface area contributed by atoms with E-state index in [0.29, 0.717) is 24.7 Å². The number of piperidine rings is 1. The summed E-state index contributed by atoms with van der Waals surface area (Å²) < 4.78 is 11.2. The van der Waals surface area contributed by atoms with Crippen LogP contribution in [0.3, 0.4) is 0 Å². The molecule has 0 aliphatic carbocycles. The first-order valence-electron chi connectivity index (χ1n) is 7.20. The molecule has 1 aliphatic rings. The van der Waals surface area contributed by atoms with Gasteiger partial charge in [-0.15, -0.1) is 0 Å². The summed E-state index contributed by atoms with van der Waals surface area (Å²) in [4.78, 5) is 17.8. The second kappa shape index (κ2) is 6.20. The van der Waals surface area contributed by atoms with Gasteiger partial charge < -0.3 is 20.1 Å². The minimum Gasteiger partial charge on any atom is -0.473 e. The summed E-state index contributed by atoms with van der Waals surface area (Å²) in [6.45, 7) is 6.83. The zero-order chi connectivity index (χ0) is 15.5. The van der Waals surface area contributed by atoms with Gasteiger partial charge in [-0.2, -0.15) is 0 Å². The number of hydrogen-bond donors (Lipinski definition) is 1. The van der Waals surface area contributed by atoms with E-state index in [9.17, 15) is 4.79 Å². The van der Waals surface area contributed by atoms with Crippen molar-refractivity contribution in [2.75, 3.05) is 18.8 Å². The zero-order valence-electron chi connectivity index (χ0n) is 12.8. The molecular weight excluding hydrogens is 270 g/mol. The molecule has 2 heterocycles. The minimum atomic E-state index is -0.465. The number of nitrogens with two attached hydrogens (primary N) is 1. The maximum absolute atomic E-state index is 12.0. The first-order valence-corrected chi connectivity index (χ1v) is 7.20. The first kappa shape index (κ1) is 15.4. The summed E-state index contributed by atoms with van der Waals surface area (Å²) in [5, 5.41) is 0. The summed E-state index contributed by atoms with van der Waals surface area (Å²) in [6, 6.07) is 3.53. The van der Waals surface area contributed by atoms with E-state index in [0.717, 1.165) is 12.8 Å². The third-order valence-electron chi connectivity index (χ3n) is 3.17. The number of nitrogen functional groups attached to an aromatic ring is 1. The van der Waals surface area contributed by atoms with E-state index >= 15 is 0 Å². The number of likely N-dealkylation sites (tertiary alicyclic amines) is 1. The summed E-state index contributed by atoms with van der Waals surface area (Å²) in [6.07, 6.45) is 2.91. The van der Waals surface area contributed by atoms with E-state index in [2.05, 4.69) is 4.98 Å². The molecule has 1 aliphatic heterocycles. The van der Waals surface area contributed by atoms with Crippen molar-refractivity contribution in [3.63, 3.8) is 0 Å². The van der Waals surface area contributed by atoms with Crippen molar-refractivity contribution in [2.24, 2.45) is 0 Å². The first-order chi connectivity index (χ1) is 9.85. The van der Waals surface area contributed by atoms with E-state index in [1.165, 1.54) is 0 Å². The molecule has 0 saturated carbocycles. The molecule has 0 bridgehead atoms. The third-order valence-corrected chi connectivity index (χ3v) is 3.17. The Morgan fingerprint density at radius 2 is 2.05 bits per heavy atom. The van der Waals surface area contributed by atoms with Crippen molar-refractivity contribution in [3.05, 3.63) is 18.3 Å². The lowest BCUT2D eigenvalue weighted by molar-refractivity contribution is 0.0123. The number of ether oxygens (including phenoxy) is 2. The Kier molecular flexibility index (Phi) is 4.55. The number of anilines is 1. The van der Waals surface area contributed by atoms with Crippen LogP contribution in [0.4, 0.5) is 10.5 Å². The smallest absolute Gasteiger partial charge is 0.410 e. The van der Waals surface area contributed by atoms with Crippen molar-refractivity contribution in [2.45, 2.75) is 45.3 Å². The minimum absolute atomic E-state index is 0.0286. The lowest BCUT2D eigenvalue weighted by Crippen LogP contribution is -2.44. The van der Waals surface area contributed by atoms with E-state index in [4.69, 9.17) is 15.2 Å². The lowest BCUT2D eigenvalue weighted by atomic mass is 10.1. The van der Waals surface area contributed by atoms with Crippen LogP contribution in [0, 0.1) is 0 Å². The molecule has 0 unspecified atom stereocenters. The van der Waals surface area contributed by atoms with Crippen LogP contribution in [-0.2, 0) is 4.74 Å². The van der Waals surface area contributed by atoms with E-state index in [1.54, 1.807) is 23.2 Å². The van der Waals surface area contributed by atoms with Crippen LogP contribution >= 0.6 is 0 Å². The van der Waals surface area contributed by atoms with Gasteiger partial charge >= 0.3 is 6.09 Å². The Balaban J connectivity index is 1.83. The molecule has 6 heteroatoms. The lowest BCUT2D eigenvalue weighted by Gasteiger charge is -2.33. The van der Waals surface area contributed by atoms with Crippen LogP contribution in [0.2, 0.25) is 0 Å². The second-order valence-electron chi connectivity index (χ2n) is 6.18. The number of amides is 1. The fourth-order valence-corrected chi connectivity index (χ4v) is 2.14. The molecular formula is C15H23N3O3. The molecule has 0 atom stereocenters. The van der Waals surface area contributed by atoms with Crippen molar-refractivity contribution in [1.82, 2.24) is 9.88 Å².